The summed E-state index contributed by atoms with van der Waals surface area (Å²) in [5, 5.41) is 8.91. The zero-order chi connectivity index (χ0) is 26.9. The van der Waals surface area contributed by atoms with Gasteiger partial charge in [0.15, 0.2) is 0 Å². The normalized spacial score (nSPS) is 11.1. The first-order chi connectivity index (χ1) is 18.4. The van der Waals surface area contributed by atoms with Gasteiger partial charge in [0.25, 0.3) is 11.8 Å². The van der Waals surface area contributed by atoms with E-state index in [2.05, 4.69) is 16.0 Å². The molecule has 3 N–H and O–H groups in total. The number of hydrogen-bond donors (Lipinski definition) is 3. The highest BCUT2D eigenvalue weighted by atomic mass is 35.5. The quantitative estimate of drug-likeness (QED) is 0.167. The molecular formula is C29H24ClN3O4S. The second kappa shape index (κ2) is 12.8. The van der Waals surface area contributed by atoms with Crippen molar-refractivity contribution in [1.29, 1.82) is 0 Å². The summed E-state index contributed by atoms with van der Waals surface area (Å²) in [6, 6.07) is 24.4. The van der Waals surface area contributed by atoms with Gasteiger partial charge in [0.1, 0.15) is 11.5 Å². The zero-order valence-electron chi connectivity index (χ0n) is 20.4. The molecule has 0 bridgehead atoms. The SMILES string of the molecule is Cc1c(Cl)cccc1NC(=O)CSc1cccc(NC(=O)/C(=C/c2ccco2)NC(=O)c2ccccc2)c1. The number of carbonyl (C=O) groups is 3. The first-order valence-electron chi connectivity index (χ1n) is 11.6. The number of thioether (sulfide) groups is 1. The number of carbonyl (C=O) groups excluding carboxylic acids is 3. The fourth-order valence-electron chi connectivity index (χ4n) is 3.40. The maximum atomic E-state index is 13.1. The third-order valence-electron chi connectivity index (χ3n) is 5.36. The van der Waals surface area contributed by atoms with Crippen molar-refractivity contribution < 1.29 is 18.8 Å². The monoisotopic (exact) mass is 545 g/mol. The van der Waals surface area contributed by atoms with Gasteiger partial charge < -0.3 is 20.4 Å². The number of anilines is 2. The lowest BCUT2D eigenvalue weighted by molar-refractivity contribution is -0.114. The van der Waals surface area contributed by atoms with Crippen molar-refractivity contribution in [2.24, 2.45) is 0 Å². The van der Waals surface area contributed by atoms with Crippen molar-refractivity contribution in [2.45, 2.75) is 11.8 Å². The number of furan rings is 1. The minimum absolute atomic E-state index is 0.0168. The molecule has 0 aliphatic rings. The highest BCUT2D eigenvalue weighted by molar-refractivity contribution is 8.00. The average Bonchev–Trinajstić information content (AvgIpc) is 3.44. The number of benzene rings is 3. The van der Waals surface area contributed by atoms with Crippen LogP contribution in [-0.2, 0) is 9.59 Å². The standard InChI is InChI=1S/C29H24ClN3O4S/c1-19-24(30)13-6-14-25(19)32-27(34)18-38-23-12-5-10-21(16-23)31-29(36)26(17-22-11-7-15-37-22)33-28(35)20-8-3-2-4-9-20/h2-17H,18H2,1H3,(H,31,36)(H,32,34)(H,33,35)/b26-17-. The van der Waals surface area contributed by atoms with Crippen molar-refractivity contribution in [2.75, 3.05) is 16.4 Å². The second-order valence-electron chi connectivity index (χ2n) is 8.12. The van der Waals surface area contributed by atoms with Gasteiger partial charge in [-0.25, -0.2) is 0 Å². The summed E-state index contributed by atoms with van der Waals surface area (Å²) in [6.45, 7) is 1.84. The summed E-state index contributed by atoms with van der Waals surface area (Å²) in [4.78, 5) is 39.1. The van der Waals surface area contributed by atoms with Crippen LogP contribution in [-0.4, -0.2) is 23.5 Å². The Bertz CT molecular complexity index is 1470. The van der Waals surface area contributed by atoms with Gasteiger partial charge in [-0.05, 0) is 67.1 Å². The molecule has 0 saturated heterocycles. The lowest BCUT2D eigenvalue weighted by Gasteiger charge is -2.12. The maximum Gasteiger partial charge on any atom is 0.272 e. The van der Waals surface area contributed by atoms with E-state index >= 15 is 0 Å². The molecule has 38 heavy (non-hydrogen) atoms. The van der Waals surface area contributed by atoms with Gasteiger partial charge in [-0.15, -0.1) is 11.8 Å². The molecule has 0 aliphatic carbocycles. The summed E-state index contributed by atoms with van der Waals surface area (Å²) in [5.41, 5.74) is 2.40. The molecule has 3 aromatic carbocycles. The van der Waals surface area contributed by atoms with Crippen LogP contribution in [0.25, 0.3) is 6.08 Å². The Labute approximate surface area is 229 Å². The van der Waals surface area contributed by atoms with Gasteiger partial charge in [-0.3, -0.25) is 14.4 Å². The van der Waals surface area contributed by atoms with Gasteiger partial charge in [-0.2, -0.15) is 0 Å². The summed E-state index contributed by atoms with van der Waals surface area (Å²) in [7, 11) is 0. The van der Waals surface area contributed by atoms with Gasteiger partial charge in [0.2, 0.25) is 5.91 Å². The molecule has 1 aromatic heterocycles. The summed E-state index contributed by atoms with van der Waals surface area (Å²) in [5.74, 6) is -0.554. The lowest BCUT2D eigenvalue weighted by atomic mass is 10.2. The highest BCUT2D eigenvalue weighted by Gasteiger charge is 2.16. The third-order valence-corrected chi connectivity index (χ3v) is 6.77. The Kier molecular flexibility index (Phi) is 9.02. The van der Waals surface area contributed by atoms with Crippen LogP contribution in [0.5, 0.6) is 0 Å². The van der Waals surface area contributed by atoms with Crippen molar-refractivity contribution in [1.82, 2.24) is 5.32 Å². The van der Waals surface area contributed by atoms with E-state index in [1.54, 1.807) is 78.9 Å². The van der Waals surface area contributed by atoms with Crippen LogP contribution in [0, 0.1) is 6.92 Å². The molecule has 0 aliphatic heterocycles. The van der Waals surface area contributed by atoms with Crippen LogP contribution < -0.4 is 16.0 Å². The van der Waals surface area contributed by atoms with Gasteiger partial charge in [0, 0.05) is 32.9 Å². The van der Waals surface area contributed by atoms with E-state index in [0.717, 1.165) is 10.5 Å². The predicted octanol–water partition coefficient (Wildman–Crippen LogP) is 6.38. The van der Waals surface area contributed by atoms with Crippen LogP contribution >= 0.6 is 23.4 Å². The largest absolute Gasteiger partial charge is 0.465 e. The van der Waals surface area contributed by atoms with Crippen LogP contribution in [0.3, 0.4) is 0 Å². The molecule has 9 heteroatoms. The molecule has 0 fully saturated rings. The van der Waals surface area contributed by atoms with Crippen LogP contribution in [0.1, 0.15) is 21.7 Å². The van der Waals surface area contributed by atoms with E-state index in [4.69, 9.17) is 16.0 Å². The molecule has 0 spiro atoms. The molecule has 4 aromatic rings. The summed E-state index contributed by atoms with van der Waals surface area (Å²) in [6.07, 6.45) is 2.93. The predicted molar refractivity (Wildman–Crippen MR) is 151 cm³/mol. The molecule has 4 rings (SSSR count). The number of rotatable bonds is 9. The second-order valence-corrected chi connectivity index (χ2v) is 9.58. The topological polar surface area (TPSA) is 100 Å². The van der Waals surface area contributed by atoms with Gasteiger partial charge in [0.05, 0.1) is 12.0 Å². The van der Waals surface area contributed by atoms with Gasteiger partial charge in [-0.1, -0.05) is 41.9 Å². The first-order valence-corrected chi connectivity index (χ1v) is 13.0. The van der Waals surface area contributed by atoms with Crippen LogP contribution in [0.4, 0.5) is 11.4 Å². The van der Waals surface area contributed by atoms with Crippen LogP contribution in [0.2, 0.25) is 5.02 Å². The third kappa shape index (κ3) is 7.38. The molecule has 192 valence electrons. The van der Waals surface area contributed by atoms with E-state index in [1.807, 2.05) is 13.0 Å². The molecule has 3 amide bonds. The fraction of sp³-hybridized carbons (Fsp3) is 0.0690. The minimum Gasteiger partial charge on any atom is -0.465 e. The average molecular weight is 546 g/mol. The van der Waals surface area contributed by atoms with E-state index in [-0.39, 0.29) is 17.4 Å². The maximum absolute atomic E-state index is 13.1. The van der Waals surface area contributed by atoms with Crippen molar-refractivity contribution in [3.8, 4) is 0 Å². The Hall–Kier alpha value is -4.27. The smallest absolute Gasteiger partial charge is 0.272 e. The number of halogens is 1. The van der Waals surface area contributed by atoms with E-state index in [1.165, 1.54) is 24.1 Å². The molecule has 0 saturated carbocycles. The Morgan fingerprint density at radius 1 is 0.921 bits per heavy atom. The fourth-order valence-corrected chi connectivity index (χ4v) is 4.33. The Balaban J connectivity index is 1.41. The summed E-state index contributed by atoms with van der Waals surface area (Å²) >= 11 is 7.45. The Morgan fingerprint density at radius 2 is 1.71 bits per heavy atom. The number of hydrogen-bond acceptors (Lipinski definition) is 5. The zero-order valence-corrected chi connectivity index (χ0v) is 21.9. The lowest BCUT2D eigenvalue weighted by Crippen LogP contribution is -2.30. The number of nitrogens with one attached hydrogen (secondary N) is 3. The van der Waals surface area contributed by atoms with Crippen LogP contribution in [0.15, 0.2) is 106 Å². The molecular weight excluding hydrogens is 522 g/mol. The van der Waals surface area contributed by atoms with Crippen molar-refractivity contribution in [3.05, 3.63) is 119 Å². The highest BCUT2D eigenvalue weighted by Crippen LogP contribution is 2.25. The molecule has 0 radical (unpaired) electrons. The molecule has 7 nitrogen and oxygen atoms in total. The molecule has 0 unspecified atom stereocenters. The minimum atomic E-state index is -0.526. The van der Waals surface area contributed by atoms with E-state index in [9.17, 15) is 14.4 Å². The van der Waals surface area contributed by atoms with E-state index in [0.29, 0.717) is 27.7 Å². The molecule has 1 heterocycles. The summed E-state index contributed by atoms with van der Waals surface area (Å²) < 4.78 is 5.33. The molecule has 0 atom stereocenters. The van der Waals surface area contributed by atoms with Crippen molar-refractivity contribution in [3.63, 3.8) is 0 Å². The Morgan fingerprint density at radius 3 is 2.47 bits per heavy atom. The van der Waals surface area contributed by atoms with E-state index < -0.39 is 11.8 Å². The number of amides is 3. The first kappa shape index (κ1) is 26.8. The van der Waals surface area contributed by atoms with Crippen molar-refractivity contribution >= 4 is 58.5 Å². The van der Waals surface area contributed by atoms with Gasteiger partial charge >= 0.3 is 0 Å².